The molecule has 2 rings (SSSR count). The molecule has 0 bridgehead atoms. The molecule has 0 saturated carbocycles. The predicted octanol–water partition coefficient (Wildman–Crippen LogP) is 4.80. The molecule has 0 aliphatic rings. The smallest absolute Gasteiger partial charge is 0.241 e. The van der Waals surface area contributed by atoms with Crippen LogP contribution in [0, 0.1) is 0 Å². The molecule has 2 N–H and O–H groups in total. The van der Waals surface area contributed by atoms with Crippen LogP contribution in [0.1, 0.15) is 22.3 Å². The van der Waals surface area contributed by atoms with Crippen LogP contribution in [-0.2, 0) is 4.79 Å². The molecule has 0 radical (unpaired) electrons. The van der Waals surface area contributed by atoms with E-state index in [1.54, 1.807) is 18.2 Å². The lowest BCUT2D eigenvalue weighted by Crippen LogP contribution is -2.05. The van der Waals surface area contributed by atoms with Gasteiger partial charge in [0.05, 0.1) is 0 Å². The summed E-state index contributed by atoms with van der Waals surface area (Å²) in [4.78, 5) is 10.6. The first-order valence-electron chi connectivity index (χ1n) is 7.15. The molecule has 0 aromatic heterocycles. The number of amides is 1. The number of benzene rings is 2. The van der Waals surface area contributed by atoms with Gasteiger partial charge >= 0.3 is 0 Å². The Morgan fingerprint density at radius 2 is 1.48 bits per heavy atom. The summed E-state index contributed by atoms with van der Waals surface area (Å²) in [6.45, 7) is 11.1. The summed E-state index contributed by atoms with van der Waals surface area (Å²) in [5.74, 6) is -0.464. The van der Waals surface area contributed by atoms with Crippen molar-refractivity contribution in [2.45, 2.75) is 0 Å². The van der Waals surface area contributed by atoms with E-state index in [0.717, 1.165) is 16.7 Å². The third-order valence-electron chi connectivity index (χ3n) is 3.06. The van der Waals surface area contributed by atoms with E-state index in [9.17, 15) is 4.79 Å². The number of primary amides is 1. The molecule has 0 saturated heterocycles. The van der Waals surface area contributed by atoms with E-state index in [2.05, 4.69) is 19.7 Å². The lowest BCUT2D eigenvalue weighted by Gasteiger charge is -2.04. The van der Waals surface area contributed by atoms with Gasteiger partial charge in [-0.25, -0.2) is 0 Å². The molecule has 0 spiro atoms. The molecule has 2 aromatic rings. The van der Waals surface area contributed by atoms with Crippen LogP contribution in [0.5, 0.6) is 0 Å². The summed E-state index contributed by atoms with van der Waals surface area (Å²) >= 11 is 0. The second-order valence-electron chi connectivity index (χ2n) is 4.61. The molecule has 0 heterocycles. The van der Waals surface area contributed by atoms with Crippen molar-refractivity contribution in [2.75, 3.05) is 0 Å². The molecular formula is C21H21NO. The number of hydrogen-bond donors (Lipinski definition) is 1. The molecule has 0 unspecified atom stereocenters. The highest BCUT2D eigenvalue weighted by molar-refractivity contribution is 5.91. The molecule has 0 aliphatic carbocycles. The van der Waals surface area contributed by atoms with Gasteiger partial charge in [-0.05, 0) is 28.3 Å². The van der Waals surface area contributed by atoms with Crippen molar-refractivity contribution in [3.63, 3.8) is 0 Å². The minimum absolute atomic E-state index is 0.464. The highest BCUT2D eigenvalue weighted by atomic mass is 16.1. The highest BCUT2D eigenvalue weighted by Crippen LogP contribution is 2.18. The third kappa shape index (κ3) is 6.02. The fourth-order valence-corrected chi connectivity index (χ4v) is 1.92. The first kappa shape index (κ1) is 17.9. The number of carbonyl (C=O) groups is 1. The van der Waals surface area contributed by atoms with E-state index < -0.39 is 5.91 Å². The van der Waals surface area contributed by atoms with Gasteiger partial charge in [0.15, 0.2) is 0 Å². The van der Waals surface area contributed by atoms with Crippen LogP contribution in [0.2, 0.25) is 0 Å². The van der Waals surface area contributed by atoms with E-state index in [1.807, 2.05) is 54.6 Å². The Kier molecular flexibility index (Phi) is 7.59. The minimum Gasteiger partial charge on any atom is -0.366 e. The molecular weight excluding hydrogens is 282 g/mol. The van der Waals surface area contributed by atoms with Gasteiger partial charge in [0, 0.05) is 6.08 Å². The normalized spacial score (nSPS) is 9.57. The van der Waals surface area contributed by atoms with E-state index in [1.165, 1.54) is 11.6 Å². The van der Waals surface area contributed by atoms with Gasteiger partial charge < -0.3 is 5.73 Å². The van der Waals surface area contributed by atoms with Crippen molar-refractivity contribution in [3.05, 3.63) is 96.6 Å². The number of hydrogen-bond acceptors (Lipinski definition) is 1. The average Bonchev–Trinajstić information content (AvgIpc) is 2.60. The lowest BCUT2D eigenvalue weighted by atomic mass is 10.0. The van der Waals surface area contributed by atoms with Gasteiger partial charge in [-0.2, -0.15) is 0 Å². The summed E-state index contributed by atoms with van der Waals surface area (Å²) < 4.78 is 0. The largest absolute Gasteiger partial charge is 0.366 e. The van der Waals surface area contributed by atoms with E-state index >= 15 is 0 Å². The van der Waals surface area contributed by atoms with Crippen LogP contribution >= 0.6 is 0 Å². The van der Waals surface area contributed by atoms with Crippen LogP contribution in [0.15, 0.2) is 74.3 Å². The number of nitrogens with two attached hydrogens (primary N) is 1. The van der Waals surface area contributed by atoms with Gasteiger partial charge in [-0.15, -0.1) is 0 Å². The molecule has 1 amide bonds. The fourth-order valence-electron chi connectivity index (χ4n) is 1.92. The Morgan fingerprint density at radius 3 is 1.96 bits per heavy atom. The SMILES string of the molecule is C=Cc1cccc(C=CC(N)=O)c1C=C.C=Cc1ccccc1. The Labute approximate surface area is 138 Å². The zero-order chi connectivity index (χ0) is 17.1. The van der Waals surface area contributed by atoms with Crippen molar-refractivity contribution < 1.29 is 4.79 Å². The summed E-state index contributed by atoms with van der Waals surface area (Å²) in [7, 11) is 0. The van der Waals surface area contributed by atoms with Crippen molar-refractivity contribution in [1.82, 2.24) is 0 Å². The van der Waals surface area contributed by atoms with Gasteiger partial charge in [0.1, 0.15) is 0 Å². The maximum absolute atomic E-state index is 10.6. The molecule has 0 aliphatic heterocycles. The van der Waals surface area contributed by atoms with Crippen molar-refractivity contribution >= 4 is 30.2 Å². The van der Waals surface area contributed by atoms with Crippen molar-refractivity contribution in [3.8, 4) is 0 Å². The topological polar surface area (TPSA) is 43.1 Å². The molecule has 2 heteroatoms. The molecule has 116 valence electrons. The fraction of sp³-hybridized carbons (Fsp3) is 0. The summed E-state index contributed by atoms with van der Waals surface area (Å²) in [5.41, 5.74) is 9.04. The quantitative estimate of drug-likeness (QED) is 0.792. The minimum atomic E-state index is -0.464. The Hall–Kier alpha value is -3.13. The highest BCUT2D eigenvalue weighted by Gasteiger charge is 1.99. The van der Waals surface area contributed by atoms with Gasteiger partial charge in [0.25, 0.3) is 0 Å². The predicted molar refractivity (Wildman–Crippen MR) is 101 cm³/mol. The second-order valence-corrected chi connectivity index (χ2v) is 4.61. The Balaban J connectivity index is 0.000000277. The maximum Gasteiger partial charge on any atom is 0.241 e. The summed E-state index contributed by atoms with van der Waals surface area (Å²) in [6, 6.07) is 15.8. The average molecular weight is 303 g/mol. The summed E-state index contributed by atoms with van der Waals surface area (Å²) in [5, 5.41) is 0. The standard InChI is InChI=1S/C13H13NO.C8H8/c1-3-10-6-5-7-11(12(10)4-2)8-9-13(14)15;1-2-8-6-4-3-5-7-8/h3-9H,1-2H2,(H2,14,15);2-7H,1H2. The zero-order valence-corrected chi connectivity index (χ0v) is 13.1. The molecule has 2 aromatic carbocycles. The molecule has 0 atom stereocenters. The van der Waals surface area contributed by atoms with Crippen LogP contribution in [0.25, 0.3) is 24.3 Å². The van der Waals surface area contributed by atoms with Crippen molar-refractivity contribution in [1.29, 1.82) is 0 Å². The Morgan fingerprint density at radius 1 is 0.826 bits per heavy atom. The number of carbonyl (C=O) groups excluding carboxylic acids is 1. The third-order valence-corrected chi connectivity index (χ3v) is 3.06. The second kappa shape index (κ2) is 9.74. The van der Waals surface area contributed by atoms with Gasteiger partial charge in [-0.3, -0.25) is 4.79 Å². The molecule has 2 nitrogen and oxygen atoms in total. The lowest BCUT2D eigenvalue weighted by molar-refractivity contribution is -0.113. The van der Waals surface area contributed by atoms with Crippen LogP contribution in [0.3, 0.4) is 0 Å². The first-order valence-corrected chi connectivity index (χ1v) is 7.15. The zero-order valence-electron chi connectivity index (χ0n) is 13.1. The first-order chi connectivity index (χ1) is 11.1. The summed E-state index contributed by atoms with van der Waals surface area (Å²) in [6.07, 6.45) is 8.32. The molecule has 23 heavy (non-hydrogen) atoms. The number of rotatable bonds is 5. The maximum atomic E-state index is 10.6. The molecule has 0 fully saturated rings. The van der Waals surface area contributed by atoms with Gasteiger partial charge in [0.2, 0.25) is 5.91 Å². The van der Waals surface area contributed by atoms with E-state index in [4.69, 9.17) is 5.73 Å². The van der Waals surface area contributed by atoms with Crippen molar-refractivity contribution in [2.24, 2.45) is 5.73 Å². The van der Waals surface area contributed by atoms with Crippen LogP contribution in [0.4, 0.5) is 0 Å². The van der Waals surface area contributed by atoms with Crippen LogP contribution < -0.4 is 5.73 Å². The van der Waals surface area contributed by atoms with Crippen LogP contribution in [-0.4, -0.2) is 5.91 Å². The van der Waals surface area contributed by atoms with E-state index in [-0.39, 0.29) is 0 Å². The van der Waals surface area contributed by atoms with Gasteiger partial charge in [-0.1, -0.05) is 86.5 Å². The Bertz CT molecular complexity index is 712. The van der Waals surface area contributed by atoms with E-state index in [0.29, 0.717) is 0 Å². The monoisotopic (exact) mass is 303 g/mol.